The van der Waals surface area contributed by atoms with E-state index >= 15 is 0 Å². The molecule has 0 amide bonds. The number of nitrogens with one attached hydrogen (secondary N) is 2. The quantitative estimate of drug-likeness (QED) is 0.727. The normalized spacial score (nSPS) is 11.8. The summed E-state index contributed by atoms with van der Waals surface area (Å²) in [5.41, 5.74) is 6.98. The van der Waals surface area contributed by atoms with E-state index in [1.54, 1.807) is 25.1 Å². The lowest BCUT2D eigenvalue weighted by atomic mass is 10.3. The van der Waals surface area contributed by atoms with Crippen LogP contribution in [0.3, 0.4) is 0 Å². The molecule has 0 saturated heterocycles. The van der Waals surface area contributed by atoms with Crippen LogP contribution >= 0.6 is 11.3 Å². The van der Waals surface area contributed by atoms with Crippen molar-refractivity contribution in [1.82, 2.24) is 9.71 Å². The topological polar surface area (TPSA) is 97.1 Å². The van der Waals surface area contributed by atoms with Gasteiger partial charge in [0.2, 0.25) is 0 Å². The van der Waals surface area contributed by atoms with Gasteiger partial charge in [-0.05, 0) is 18.2 Å². The van der Waals surface area contributed by atoms with Gasteiger partial charge in [0, 0.05) is 12.2 Å². The number of nitrogen functional groups attached to an aromatic ring is 1. The zero-order chi connectivity index (χ0) is 12.5. The summed E-state index contributed by atoms with van der Waals surface area (Å²) in [5, 5.41) is 0.326. The molecule has 0 unspecified atom stereocenters. The van der Waals surface area contributed by atoms with E-state index in [0.29, 0.717) is 17.4 Å². The Labute approximate surface area is 103 Å². The van der Waals surface area contributed by atoms with Crippen molar-refractivity contribution in [3.05, 3.63) is 18.2 Å². The standard InChI is InChI=1S/C9H12N4O2S2/c1-2-11-17(14,15)13-9-12-7-4-3-6(10)5-8(7)16-9/h3-5,11H,2,10H2,1H3,(H,12,13). The highest BCUT2D eigenvalue weighted by molar-refractivity contribution is 7.91. The molecule has 0 fully saturated rings. The fourth-order valence-electron chi connectivity index (χ4n) is 1.33. The first kappa shape index (κ1) is 12.1. The largest absolute Gasteiger partial charge is 0.399 e. The van der Waals surface area contributed by atoms with Gasteiger partial charge in [0.1, 0.15) is 0 Å². The Bertz CT molecular complexity index is 635. The number of hydrogen-bond acceptors (Lipinski definition) is 5. The Morgan fingerprint density at radius 1 is 1.47 bits per heavy atom. The highest BCUT2D eigenvalue weighted by atomic mass is 32.2. The summed E-state index contributed by atoms with van der Waals surface area (Å²) in [4.78, 5) is 4.15. The van der Waals surface area contributed by atoms with Crippen molar-refractivity contribution in [3.8, 4) is 0 Å². The second-order valence-electron chi connectivity index (χ2n) is 3.35. The molecular weight excluding hydrogens is 260 g/mol. The molecule has 2 rings (SSSR count). The average Bonchev–Trinajstić information content (AvgIpc) is 2.57. The van der Waals surface area contributed by atoms with Gasteiger partial charge in [0.25, 0.3) is 0 Å². The van der Waals surface area contributed by atoms with Crippen molar-refractivity contribution in [2.75, 3.05) is 17.0 Å². The van der Waals surface area contributed by atoms with E-state index in [4.69, 9.17) is 5.73 Å². The molecule has 0 radical (unpaired) electrons. The first-order valence-corrected chi connectivity index (χ1v) is 7.23. The highest BCUT2D eigenvalue weighted by Gasteiger charge is 2.11. The molecule has 17 heavy (non-hydrogen) atoms. The second-order valence-corrected chi connectivity index (χ2v) is 5.88. The third kappa shape index (κ3) is 2.84. The maximum Gasteiger partial charge on any atom is 0.300 e. The van der Waals surface area contributed by atoms with E-state index in [2.05, 4.69) is 14.4 Å². The monoisotopic (exact) mass is 272 g/mol. The van der Waals surface area contributed by atoms with Crippen LogP contribution in [0.2, 0.25) is 0 Å². The number of nitrogens with zero attached hydrogens (tertiary/aromatic N) is 1. The van der Waals surface area contributed by atoms with Crippen LogP contribution in [0.15, 0.2) is 18.2 Å². The lowest BCUT2D eigenvalue weighted by molar-refractivity contribution is 0.589. The average molecular weight is 272 g/mol. The summed E-state index contributed by atoms with van der Waals surface area (Å²) >= 11 is 1.24. The van der Waals surface area contributed by atoms with Gasteiger partial charge in [0.05, 0.1) is 10.2 Å². The van der Waals surface area contributed by atoms with Gasteiger partial charge in [-0.2, -0.15) is 13.1 Å². The number of rotatable bonds is 4. The number of benzene rings is 1. The Hall–Kier alpha value is -1.38. The third-order valence-electron chi connectivity index (χ3n) is 1.97. The zero-order valence-corrected chi connectivity index (χ0v) is 10.7. The molecule has 0 bridgehead atoms. The summed E-state index contributed by atoms with van der Waals surface area (Å²) in [6, 6.07) is 5.24. The molecule has 0 saturated carbocycles. The van der Waals surface area contributed by atoms with Gasteiger partial charge in [-0.1, -0.05) is 18.3 Å². The second kappa shape index (κ2) is 4.47. The van der Waals surface area contributed by atoms with Crippen LogP contribution in [0.4, 0.5) is 10.8 Å². The molecule has 0 spiro atoms. The first-order valence-electron chi connectivity index (χ1n) is 4.93. The maximum absolute atomic E-state index is 11.5. The number of anilines is 2. The van der Waals surface area contributed by atoms with Gasteiger partial charge in [0.15, 0.2) is 5.13 Å². The van der Waals surface area contributed by atoms with Crippen LogP contribution < -0.4 is 15.2 Å². The predicted octanol–water partition coefficient (Wildman–Crippen LogP) is 1.14. The summed E-state index contributed by atoms with van der Waals surface area (Å²) in [6.07, 6.45) is 0. The van der Waals surface area contributed by atoms with Crippen molar-refractivity contribution in [1.29, 1.82) is 0 Å². The summed E-state index contributed by atoms with van der Waals surface area (Å²) in [5.74, 6) is 0. The molecule has 6 nitrogen and oxygen atoms in total. The van der Waals surface area contributed by atoms with E-state index in [0.717, 1.165) is 10.2 Å². The Balaban J connectivity index is 2.31. The minimum Gasteiger partial charge on any atom is -0.399 e. The number of hydrogen-bond donors (Lipinski definition) is 3. The molecule has 0 atom stereocenters. The molecule has 2 aromatic rings. The van der Waals surface area contributed by atoms with E-state index < -0.39 is 10.2 Å². The van der Waals surface area contributed by atoms with Crippen LogP contribution in [-0.4, -0.2) is 19.9 Å². The van der Waals surface area contributed by atoms with Crippen molar-refractivity contribution in [2.45, 2.75) is 6.92 Å². The fourth-order valence-corrected chi connectivity index (χ4v) is 3.31. The SMILES string of the molecule is CCNS(=O)(=O)Nc1nc2ccc(N)cc2s1. The van der Waals surface area contributed by atoms with Gasteiger partial charge in [-0.15, -0.1) is 0 Å². The summed E-state index contributed by atoms with van der Waals surface area (Å²) < 4.78 is 28.5. The molecule has 1 aromatic carbocycles. The van der Waals surface area contributed by atoms with E-state index in [9.17, 15) is 8.42 Å². The number of aromatic nitrogens is 1. The molecule has 1 aromatic heterocycles. The molecule has 92 valence electrons. The Kier molecular flexibility index (Phi) is 3.18. The van der Waals surface area contributed by atoms with Crippen LogP contribution in [0.1, 0.15) is 6.92 Å². The van der Waals surface area contributed by atoms with Gasteiger partial charge < -0.3 is 5.73 Å². The van der Waals surface area contributed by atoms with Crippen LogP contribution in [0.5, 0.6) is 0 Å². The van der Waals surface area contributed by atoms with Crippen LogP contribution in [0.25, 0.3) is 10.2 Å². The minimum absolute atomic E-state index is 0.326. The summed E-state index contributed by atoms with van der Waals surface area (Å²) in [7, 11) is -3.53. The Morgan fingerprint density at radius 3 is 2.94 bits per heavy atom. The van der Waals surface area contributed by atoms with Crippen molar-refractivity contribution in [3.63, 3.8) is 0 Å². The number of nitrogens with two attached hydrogens (primary N) is 1. The first-order chi connectivity index (χ1) is 8.00. The van der Waals surface area contributed by atoms with Gasteiger partial charge in [-0.3, -0.25) is 0 Å². The fraction of sp³-hybridized carbons (Fsp3) is 0.222. The van der Waals surface area contributed by atoms with Crippen molar-refractivity contribution in [2.24, 2.45) is 0 Å². The number of fused-ring (bicyclic) bond motifs is 1. The van der Waals surface area contributed by atoms with E-state index in [1.165, 1.54) is 11.3 Å². The molecule has 0 aliphatic heterocycles. The van der Waals surface area contributed by atoms with E-state index in [-0.39, 0.29) is 0 Å². The number of thiazole rings is 1. The molecule has 0 aliphatic rings. The van der Waals surface area contributed by atoms with Gasteiger partial charge in [-0.25, -0.2) is 9.71 Å². The molecule has 1 heterocycles. The molecule has 4 N–H and O–H groups in total. The van der Waals surface area contributed by atoms with Gasteiger partial charge >= 0.3 is 10.2 Å². The molecule has 8 heteroatoms. The van der Waals surface area contributed by atoms with Crippen LogP contribution in [0, 0.1) is 0 Å². The van der Waals surface area contributed by atoms with Crippen molar-refractivity contribution >= 4 is 42.6 Å². The lowest BCUT2D eigenvalue weighted by Crippen LogP contribution is -2.29. The highest BCUT2D eigenvalue weighted by Crippen LogP contribution is 2.27. The van der Waals surface area contributed by atoms with Crippen molar-refractivity contribution < 1.29 is 8.42 Å². The Morgan fingerprint density at radius 2 is 2.24 bits per heavy atom. The predicted molar refractivity (Wildman–Crippen MR) is 70.3 cm³/mol. The smallest absolute Gasteiger partial charge is 0.300 e. The minimum atomic E-state index is -3.53. The lowest BCUT2D eigenvalue weighted by Gasteiger charge is -2.03. The van der Waals surface area contributed by atoms with Crippen LogP contribution in [-0.2, 0) is 10.2 Å². The van der Waals surface area contributed by atoms with E-state index in [1.807, 2.05) is 0 Å². The molecule has 0 aliphatic carbocycles. The maximum atomic E-state index is 11.5. The zero-order valence-electron chi connectivity index (χ0n) is 9.10. The molecular formula is C9H12N4O2S2. The third-order valence-corrected chi connectivity index (χ3v) is 4.16. The summed E-state index contributed by atoms with van der Waals surface area (Å²) in [6.45, 7) is 2.03.